The van der Waals surface area contributed by atoms with E-state index in [2.05, 4.69) is 10.1 Å². The van der Waals surface area contributed by atoms with Crippen molar-refractivity contribution in [2.24, 2.45) is 11.1 Å². The molecule has 1 aliphatic rings. The summed E-state index contributed by atoms with van der Waals surface area (Å²) in [5, 5.41) is 11.6. The zero-order chi connectivity index (χ0) is 21.6. The average molecular weight is 412 g/mol. The number of pyridine rings is 1. The molecule has 7 heteroatoms. The van der Waals surface area contributed by atoms with Crippen LogP contribution in [-0.2, 0) is 4.74 Å². The molecule has 1 fully saturated rings. The van der Waals surface area contributed by atoms with Crippen LogP contribution in [0, 0.1) is 5.92 Å². The highest BCUT2D eigenvalue weighted by Crippen LogP contribution is 2.23. The summed E-state index contributed by atoms with van der Waals surface area (Å²) in [6.07, 6.45) is 4.67. The Morgan fingerprint density at radius 1 is 1.20 bits per heavy atom. The third-order valence-electron chi connectivity index (χ3n) is 4.90. The molecule has 0 atom stereocenters. The van der Waals surface area contributed by atoms with Crippen LogP contribution in [0.2, 0.25) is 0 Å². The maximum atomic E-state index is 12.1. The number of aromatic nitrogens is 1. The number of likely N-dealkylation sites (tertiary alicyclic amines) is 1. The lowest BCUT2D eigenvalue weighted by molar-refractivity contribution is 0.0165. The van der Waals surface area contributed by atoms with E-state index in [9.17, 15) is 4.79 Å². The van der Waals surface area contributed by atoms with Gasteiger partial charge < -0.3 is 19.6 Å². The van der Waals surface area contributed by atoms with E-state index in [1.165, 1.54) is 6.21 Å². The monoisotopic (exact) mass is 411 g/mol. The first-order chi connectivity index (χ1) is 14.3. The fraction of sp³-hybridized carbons (Fsp3) is 0.435. The van der Waals surface area contributed by atoms with E-state index in [-0.39, 0.29) is 6.09 Å². The quantitative estimate of drug-likeness (QED) is 0.442. The zero-order valence-corrected chi connectivity index (χ0v) is 17.7. The Hall–Kier alpha value is -3.09. The highest BCUT2D eigenvalue weighted by Gasteiger charge is 2.27. The fourth-order valence-corrected chi connectivity index (χ4v) is 3.27. The topological polar surface area (TPSA) is 84.2 Å². The summed E-state index contributed by atoms with van der Waals surface area (Å²) in [6, 6.07) is 11.4. The SMILES string of the molecule is CC(C)(C)OC(=O)N1CCC(COc2ccc(-c3ccc(/C=N/O)cc3)nc2)CC1. The van der Waals surface area contributed by atoms with Gasteiger partial charge in [-0.1, -0.05) is 29.4 Å². The van der Waals surface area contributed by atoms with Gasteiger partial charge in [0.1, 0.15) is 11.4 Å². The van der Waals surface area contributed by atoms with E-state index in [0.29, 0.717) is 25.6 Å². The number of amides is 1. The van der Waals surface area contributed by atoms with Crippen molar-refractivity contribution < 1.29 is 19.5 Å². The molecule has 7 nitrogen and oxygen atoms in total. The number of carbonyl (C=O) groups is 1. The smallest absolute Gasteiger partial charge is 0.410 e. The number of piperidine rings is 1. The number of hydrogen-bond donors (Lipinski definition) is 1. The molecule has 160 valence electrons. The zero-order valence-electron chi connectivity index (χ0n) is 17.7. The fourth-order valence-electron chi connectivity index (χ4n) is 3.27. The van der Waals surface area contributed by atoms with Gasteiger partial charge in [0.15, 0.2) is 0 Å². The number of carbonyl (C=O) groups excluding carboxylic acids is 1. The van der Waals surface area contributed by atoms with Crippen molar-refractivity contribution in [2.75, 3.05) is 19.7 Å². The second kappa shape index (κ2) is 9.61. The lowest BCUT2D eigenvalue weighted by Gasteiger charge is -2.33. The average Bonchev–Trinajstić information content (AvgIpc) is 2.73. The van der Waals surface area contributed by atoms with Crippen LogP contribution in [0.1, 0.15) is 39.2 Å². The van der Waals surface area contributed by atoms with Crippen LogP contribution in [0.3, 0.4) is 0 Å². The van der Waals surface area contributed by atoms with E-state index >= 15 is 0 Å². The van der Waals surface area contributed by atoms with E-state index < -0.39 is 5.60 Å². The van der Waals surface area contributed by atoms with Gasteiger partial charge in [-0.15, -0.1) is 0 Å². The van der Waals surface area contributed by atoms with Gasteiger partial charge in [-0.2, -0.15) is 0 Å². The predicted molar refractivity (Wildman–Crippen MR) is 115 cm³/mol. The summed E-state index contributed by atoms with van der Waals surface area (Å²) in [7, 11) is 0. The number of oxime groups is 1. The van der Waals surface area contributed by atoms with Crippen molar-refractivity contribution in [1.29, 1.82) is 0 Å². The molecule has 30 heavy (non-hydrogen) atoms. The van der Waals surface area contributed by atoms with Crippen LogP contribution in [0.25, 0.3) is 11.3 Å². The van der Waals surface area contributed by atoms with Crippen LogP contribution in [0.5, 0.6) is 5.75 Å². The van der Waals surface area contributed by atoms with Crippen LogP contribution >= 0.6 is 0 Å². The largest absolute Gasteiger partial charge is 0.492 e. The molecule has 1 aromatic heterocycles. The molecule has 2 aromatic rings. The summed E-state index contributed by atoms with van der Waals surface area (Å²) in [6.45, 7) is 7.64. The highest BCUT2D eigenvalue weighted by molar-refractivity contribution is 5.80. The van der Waals surface area contributed by atoms with Crippen molar-refractivity contribution in [3.8, 4) is 17.0 Å². The molecule has 0 unspecified atom stereocenters. The van der Waals surface area contributed by atoms with E-state index in [0.717, 1.165) is 35.4 Å². The first-order valence-corrected chi connectivity index (χ1v) is 10.2. The van der Waals surface area contributed by atoms with Crippen LogP contribution < -0.4 is 4.74 Å². The molecule has 0 spiro atoms. The van der Waals surface area contributed by atoms with Gasteiger partial charge in [-0.25, -0.2) is 4.79 Å². The molecule has 1 amide bonds. The molecule has 2 heterocycles. The molecule has 0 bridgehead atoms. The van der Waals surface area contributed by atoms with Gasteiger partial charge in [-0.3, -0.25) is 4.98 Å². The number of benzene rings is 1. The molecule has 1 aromatic carbocycles. The standard InChI is InChI=1S/C23H29N3O4/c1-23(2,3)30-22(27)26-12-10-18(11-13-26)16-29-20-8-9-21(24-15-20)19-6-4-17(5-7-19)14-25-28/h4-9,14-15,18,28H,10-13,16H2,1-3H3/b25-14+. The Morgan fingerprint density at radius 3 is 2.47 bits per heavy atom. The summed E-state index contributed by atoms with van der Waals surface area (Å²) in [5.41, 5.74) is 2.18. The van der Waals surface area contributed by atoms with Crippen LogP contribution in [0.15, 0.2) is 47.8 Å². The number of rotatable bonds is 5. The summed E-state index contributed by atoms with van der Waals surface area (Å²) in [4.78, 5) is 18.4. The molecule has 0 saturated carbocycles. The lowest BCUT2D eigenvalue weighted by atomic mass is 9.98. The maximum absolute atomic E-state index is 12.1. The Morgan fingerprint density at radius 2 is 1.90 bits per heavy atom. The van der Waals surface area contributed by atoms with Crippen molar-refractivity contribution in [3.05, 3.63) is 48.2 Å². The number of nitrogens with zero attached hydrogens (tertiary/aromatic N) is 3. The van der Waals surface area contributed by atoms with Crippen LogP contribution in [0.4, 0.5) is 4.79 Å². The summed E-state index contributed by atoms with van der Waals surface area (Å²) in [5.74, 6) is 1.14. The first-order valence-electron chi connectivity index (χ1n) is 10.2. The van der Waals surface area contributed by atoms with Gasteiger partial charge in [0, 0.05) is 18.7 Å². The molecular weight excluding hydrogens is 382 g/mol. The molecule has 0 aliphatic carbocycles. The third-order valence-corrected chi connectivity index (χ3v) is 4.90. The minimum Gasteiger partial charge on any atom is -0.492 e. The molecule has 3 rings (SSSR count). The first kappa shape index (κ1) is 21.6. The molecule has 1 aliphatic heterocycles. The Kier molecular flexibility index (Phi) is 6.92. The minimum absolute atomic E-state index is 0.238. The molecule has 1 N–H and O–H groups in total. The van der Waals surface area contributed by atoms with Gasteiger partial charge in [0.25, 0.3) is 0 Å². The number of ether oxygens (including phenoxy) is 2. The van der Waals surface area contributed by atoms with Gasteiger partial charge >= 0.3 is 6.09 Å². The van der Waals surface area contributed by atoms with E-state index in [4.69, 9.17) is 14.7 Å². The van der Waals surface area contributed by atoms with Crippen LogP contribution in [-0.4, -0.2) is 52.7 Å². The van der Waals surface area contributed by atoms with Gasteiger partial charge in [0.05, 0.1) is 24.7 Å². The highest BCUT2D eigenvalue weighted by atomic mass is 16.6. The second-order valence-corrected chi connectivity index (χ2v) is 8.47. The Balaban J connectivity index is 1.46. The van der Waals surface area contributed by atoms with Gasteiger partial charge in [0.2, 0.25) is 0 Å². The predicted octanol–water partition coefficient (Wildman–Crippen LogP) is 4.58. The van der Waals surface area contributed by atoms with Crippen molar-refractivity contribution in [3.63, 3.8) is 0 Å². The molecule has 0 radical (unpaired) electrons. The Bertz CT molecular complexity index is 850. The third kappa shape index (κ3) is 6.20. The van der Waals surface area contributed by atoms with Crippen molar-refractivity contribution >= 4 is 12.3 Å². The second-order valence-electron chi connectivity index (χ2n) is 8.47. The minimum atomic E-state index is -0.466. The van der Waals surface area contributed by atoms with Gasteiger partial charge in [-0.05, 0) is 57.2 Å². The van der Waals surface area contributed by atoms with Crippen molar-refractivity contribution in [1.82, 2.24) is 9.88 Å². The van der Waals surface area contributed by atoms with E-state index in [1.807, 2.05) is 57.2 Å². The maximum Gasteiger partial charge on any atom is 0.410 e. The molecular formula is C23H29N3O4. The Labute approximate surface area is 177 Å². The number of hydrogen-bond acceptors (Lipinski definition) is 6. The summed E-state index contributed by atoms with van der Waals surface area (Å²) < 4.78 is 11.4. The van der Waals surface area contributed by atoms with Crippen molar-refractivity contribution in [2.45, 2.75) is 39.2 Å². The molecule has 1 saturated heterocycles. The normalized spacial score (nSPS) is 15.4. The van der Waals surface area contributed by atoms with E-state index in [1.54, 1.807) is 11.1 Å². The lowest BCUT2D eigenvalue weighted by Crippen LogP contribution is -2.42. The summed E-state index contributed by atoms with van der Waals surface area (Å²) >= 11 is 0.